The topological polar surface area (TPSA) is 81.5 Å². The van der Waals surface area contributed by atoms with Crippen LogP contribution in [0.3, 0.4) is 0 Å². The number of halogens is 3. The summed E-state index contributed by atoms with van der Waals surface area (Å²) in [5, 5.41) is 13.3. The van der Waals surface area contributed by atoms with Crippen molar-refractivity contribution in [3.63, 3.8) is 0 Å². The number of anilines is 1. The molecule has 1 N–H and O–H groups in total. The first-order valence-electron chi connectivity index (χ1n) is 6.60. The summed E-state index contributed by atoms with van der Waals surface area (Å²) in [5.74, 6) is 0.128. The molecule has 0 aliphatic rings. The molecular formula is C15H11Br2ClN2O4. The fourth-order valence-electron chi connectivity index (χ4n) is 1.91. The number of hydrogen-bond donors (Lipinski definition) is 1. The lowest BCUT2D eigenvalue weighted by Crippen LogP contribution is -2.20. The highest BCUT2D eigenvalue weighted by molar-refractivity contribution is 9.11. The summed E-state index contributed by atoms with van der Waals surface area (Å²) in [5.41, 5.74) is 0.989. The highest BCUT2D eigenvalue weighted by Crippen LogP contribution is 2.32. The van der Waals surface area contributed by atoms with Crippen molar-refractivity contribution in [1.29, 1.82) is 0 Å². The van der Waals surface area contributed by atoms with Crippen LogP contribution in [-0.2, 0) is 4.79 Å². The van der Waals surface area contributed by atoms with Gasteiger partial charge < -0.3 is 10.1 Å². The van der Waals surface area contributed by atoms with E-state index in [1.165, 1.54) is 18.2 Å². The van der Waals surface area contributed by atoms with Crippen LogP contribution < -0.4 is 10.1 Å². The van der Waals surface area contributed by atoms with E-state index in [-0.39, 0.29) is 23.0 Å². The van der Waals surface area contributed by atoms with Crippen LogP contribution in [0.2, 0.25) is 5.02 Å². The lowest BCUT2D eigenvalue weighted by atomic mass is 10.2. The molecule has 2 rings (SSSR count). The largest absolute Gasteiger partial charge is 0.482 e. The van der Waals surface area contributed by atoms with Crippen molar-refractivity contribution >= 4 is 60.7 Å². The van der Waals surface area contributed by atoms with Crippen LogP contribution in [0.15, 0.2) is 39.3 Å². The van der Waals surface area contributed by atoms with Crippen molar-refractivity contribution in [2.75, 3.05) is 11.9 Å². The lowest BCUT2D eigenvalue weighted by Gasteiger charge is -2.12. The number of aryl methyl sites for hydroxylation is 1. The number of nitro groups is 1. The molecule has 0 unspecified atom stereocenters. The number of nitrogens with one attached hydrogen (secondary N) is 1. The molecule has 0 radical (unpaired) electrons. The molecule has 126 valence electrons. The molecule has 0 saturated carbocycles. The van der Waals surface area contributed by atoms with Crippen molar-refractivity contribution < 1.29 is 14.5 Å². The van der Waals surface area contributed by atoms with E-state index in [1.807, 2.05) is 19.1 Å². The molecule has 0 aromatic heterocycles. The van der Waals surface area contributed by atoms with Gasteiger partial charge in [0.05, 0.1) is 20.1 Å². The van der Waals surface area contributed by atoms with Gasteiger partial charge in [0.2, 0.25) is 0 Å². The second-order valence-electron chi connectivity index (χ2n) is 4.79. The van der Waals surface area contributed by atoms with Crippen molar-refractivity contribution in [3.8, 4) is 5.75 Å². The third-order valence-electron chi connectivity index (χ3n) is 2.98. The Bertz CT molecular complexity index is 791. The van der Waals surface area contributed by atoms with Crippen molar-refractivity contribution in [2.45, 2.75) is 6.92 Å². The fourth-order valence-corrected chi connectivity index (χ4v) is 3.69. The average molecular weight is 479 g/mol. The summed E-state index contributed by atoms with van der Waals surface area (Å²) in [6.45, 7) is 1.63. The first-order chi connectivity index (χ1) is 11.3. The molecule has 0 saturated heterocycles. The number of hydrogen-bond acceptors (Lipinski definition) is 4. The summed E-state index contributed by atoms with van der Waals surface area (Å²) >= 11 is 12.7. The molecule has 0 aliphatic carbocycles. The van der Waals surface area contributed by atoms with Crippen molar-refractivity contribution in [2.24, 2.45) is 0 Å². The number of nitro benzene ring substituents is 1. The van der Waals surface area contributed by atoms with E-state index in [2.05, 4.69) is 37.2 Å². The minimum Gasteiger partial charge on any atom is -0.482 e. The Hall–Kier alpha value is -1.64. The van der Waals surface area contributed by atoms with Crippen LogP contribution >= 0.6 is 43.5 Å². The van der Waals surface area contributed by atoms with Gasteiger partial charge in [-0.15, -0.1) is 0 Å². The summed E-state index contributed by atoms with van der Waals surface area (Å²) in [4.78, 5) is 22.1. The molecular weight excluding hydrogens is 467 g/mol. The quantitative estimate of drug-likeness (QED) is 0.479. The second-order valence-corrected chi connectivity index (χ2v) is 6.97. The average Bonchev–Trinajstić information content (AvgIpc) is 2.48. The molecule has 0 atom stereocenters. The third kappa shape index (κ3) is 4.68. The molecule has 24 heavy (non-hydrogen) atoms. The van der Waals surface area contributed by atoms with Crippen LogP contribution in [0.5, 0.6) is 5.75 Å². The molecule has 2 aromatic carbocycles. The smallest absolute Gasteiger partial charge is 0.271 e. The fraction of sp³-hybridized carbons (Fsp3) is 0.133. The first kappa shape index (κ1) is 18.7. The summed E-state index contributed by atoms with van der Waals surface area (Å²) in [6, 6.07) is 7.49. The van der Waals surface area contributed by atoms with Crippen molar-refractivity contribution in [1.82, 2.24) is 0 Å². The molecule has 2 aromatic rings. The highest BCUT2D eigenvalue weighted by atomic mass is 79.9. The van der Waals surface area contributed by atoms with Gasteiger partial charge in [0.15, 0.2) is 6.61 Å². The second kappa shape index (κ2) is 7.96. The standard InChI is InChI=1S/C15H11Br2ClN2O4/c1-8-4-9(16)5-11(17)15(8)24-7-14(21)19-13-3-2-10(20(22)23)6-12(13)18/h2-6H,7H2,1H3,(H,19,21). The normalized spacial score (nSPS) is 10.3. The highest BCUT2D eigenvalue weighted by Gasteiger charge is 2.13. The number of nitrogens with zero attached hydrogens (tertiary/aromatic N) is 1. The number of carbonyl (C=O) groups excluding carboxylic acids is 1. The maximum absolute atomic E-state index is 12.0. The zero-order chi connectivity index (χ0) is 17.9. The van der Waals surface area contributed by atoms with E-state index >= 15 is 0 Å². The van der Waals surface area contributed by atoms with Crippen LogP contribution in [0.25, 0.3) is 0 Å². The summed E-state index contributed by atoms with van der Waals surface area (Å²) in [7, 11) is 0. The Kier molecular flexibility index (Phi) is 6.20. The maximum Gasteiger partial charge on any atom is 0.271 e. The van der Waals surface area contributed by atoms with Gasteiger partial charge in [-0.2, -0.15) is 0 Å². The predicted octanol–water partition coefficient (Wildman–Crippen LogP) is 5.10. The zero-order valence-corrected chi connectivity index (χ0v) is 16.2. The van der Waals surface area contributed by atoms with Gasteiger partial charge in [-0.25, -0.2) is 0 Å². The van der Waals surface area contributed by atoms with E-state index in [4.69, 9.17) is 16.3 Å². The van der Waals surface area contributed by atoms with Gasteiger partial charge in [-0.05, 0) is 46.6 Å². The van der Waals surface area contributed by atoms with Gasteiger partial charge >= 0.3 is 0 Å². The summed E-state index contributed by atoms with van der Waals surface area (Å²) < 4.78 is 7.14. The number of amides is 1. The lowest BCUT2D eigenvalue weighted by molar-refractivity contribution is -0.384. The number of benzene rings is 2. The van der Waals surface area contributed by atoms with Gasteiger partial charge in [-0.1, -0.05) is 27.5 Å². The molecule has 0 aliphatic heterocycles. The van der Waals surface area contributed by atoms with Gasteiger partial charge in [0.25, 0.3) is 11.6 Å². The zero-order valence-electron chi connectivity index (χ0n) is 12.3. The van der Waals surface area contributed by atoms with Crippen LogP contribution in [0.4, 0.5) is 11.4 Å². The van der Waals surface area contributed by atoms with E-state index in [1.54, 1.807) is 0 Å². The number of ether oxygens (including phenoxy) is 1. The Morgan fingerprint density at radius 1 is 1.33 bits per heavy atom. The molecule has 0 fully saturated rings. The van der Waals surface area contributed by atoms with Gasteiger partial charge in [-0.3, -0.25) is 14.9 Å². The van der Waals surface area contributed by atoms with Gasteiger partial charge in [0, 0.05) is 16.6 Å². The Labute approximate surface area is 159 Å². The number of rotatable bonds is 5. The maximum atomic E-state index is 12.0. The SMILES string of the molecule is Cc1cc(Br)cc(Br)c1OCC(=O)Nc1ccc([N+](=O)[O-])cc1Cl. The molecule has 0 spiro atoms. The Balaban J connectivity index is 2.03. The third-order valence-corrected chi connectivity index (χ3v) is 4.34. The Morgan fingerprint density at radius 3 is 2.62 bits per heavy atom. The van der Waals surface area contributed by atoms with Crippen LogP contribution in [0.1, 0.15) is 5.56 Å². The molecule has 1 amide bonds. The first-order valence-corrected chi connectivity index (χ1v) is 8.56. The predicted molar refractivity (Wildman–Crippen MR) is 98.8 cm³/mol. The van der Waals surface area contributed by atoms with Crippen molar-refractivity contribution in [3.05, 3.63) is 60.0 Å². The monoisotopic (exact) mass is 476 g/mol. The minimum atomic E-state index is -0.561. The van der Waals surface area contributed by atoms with Crippen LogP contribution in [-0.4, -0.2) is 17.4 Å². The van der Waals surface area contributed by atoms with E-state index < -0.39 is 10.8 Å². The van der Waals surface area contributed by atoms with Gasteiger partial charge in [0.1, 0.15) is 5.75 Å². The Morgan fingerprint density at radius 2 is 2.04 bits per heavy atom. The van der Waals surface area contributed by atoms with Crippen LogP contribution in [0, 0.1) is 17.0 Å². The number of non-ortho nitro benzene ring substituents is 1. The number of carbonyl (C=O) groups is 1. The van der Waals surface area contributed by atoms with E-state index in [0.29, 0.717) is 5.75 Å². The molecule has 6 nitrogen and oxygen atoms in total. The molecule has 9 heteroatoms. The van der Waals surface area contributed by atoms with E-state index in [0.717, 1.165) is 14.5 Å². The minimum absolute atomic E-state index is 0.0820. The molecule has 0 bridgehead atoms. The van der Waals surface area contributed by atoms with E-state index in [9.17, 15) is 14.9 Å². The molecule has 0 heterocycles. The summed E-state index contributed by atoms with van der Waals surface area (Å²) in [6.07, 6.45) is 0.